The van der Waals surface area contributed by atoms with E-state index in [0.29, 0.717) is 6.04 Å². The van der Waals surface area contributed by atoms with Crippen LogP contribution in [0.5, 0.6) is 0 Å². The summed E-state index contributed by atoms with van der Waals surface area (Å²) in [5, 5.41) is 12.4. The van der Waals surface area contributed by atoms with E-state index in [1.165, 1.54) is 0 Å². The third-order valence-corrected chi connectivity index (χ3v) is 3.90. The zero-order valence-corrected chi connectivity index (χ0v) is 12.4. The topological polar surface area (TPSA) is 87.2 Å². The molecule has 2 aromatic heterocycles. The number of ether oxygens (including phenoxy) is 1. The fraction of sp³-hybridized carbons (Fsp3) is 0.375. The molecule has 0 spiro atoms. The van der Waals surface area contributed by atoms with Crippen molar-refractivity contribution in [2.24, 2.45) is 0 Å². The lowest BCUT2D eigenvalue weighted by atomic mass is 10.0. The molecule has 0 atom stereocenters. The maximum absolute atomic E-state index is 11.0. The average Bonchev–Trinajstić information content (AvgIpc) is 3.00. The number of hydrogen-bond acceptors (Lipinski definition) is 4. The van der Waals surface area contributed by atoms with Crippen LogP contribution in [0.15, 0.2) is 24.5 Å². The first-order valence-electron chi connectivity index (χ1n) is 7.36. The number of carboxylic acids is 1. The normalized spacial score (nSPS) is 15.7. The number of carbonyl (C=O) groups is 1. The zero-order chi connectivity index (χ0) is 15.5. The zero-order valence-electron chi connectivity index (χ0n) is 12.4. The maximum Gasteiger partial charge on any atom is 0.352 e. The molecule has 1 aliphatic rings. The van der Waals surface area contributed by atoms with Crippen molar-refractivity contribution in [1.82, 2.24) is 9.97 Å². The van der Waals surface area contributed by atoms with Crippen LogP contribution in [0.1, 0.15) is 28.9 Å². The first-order valence-corrected chi connectivity index (χ1v) is 7.36. The van der Waals surface area contributed by atoms with Gasteiger partial charge >= 0.3 is 5.97 Å². The Kier molecular flexibility index (Phi) is 4.11. The van der Waals surface area contributed by atoms with E-state index in [0.717, 1.165) is 48.6 Å². The summed E-state index contributed by atoms with van der Waals surface area (Å²) in [7, 11) is 0. The number of carboxylic acid groups (broad SMARTS) is 1. The van der Waals surface area contributed by atoms with Crippen LogP contribution in [-0.2, 0) is 4.74 Å². The van der Waals surface area contributed by atoms with E-state index in [4.69, 9.17) is 9.84 Å². The van der Waals surface area contributed by atoms with Gasteiger partial charge in [-0.3, -0.25) is 0 Å². The van der Waals surface area contributed by atoms with Gasteiger partial charge in [-0.05, 0) is 43.0 Å². The SMILES string of the molecule is Cc1cnc(NC2CCOCC2)cc1-c1c[nH]c(C(=O)O)c1. The van der Waals surface area contributed by atoms with Gasteiger partial charge < -0.3 is 20.1 Å². The number of hydrogen-bond donors (Lipinski definition) is 3. The summed E-state index contributed by atoms with van der Waals surface area (Å²) in [4.78, 5) is 18.2. The second-order valence-electron chi connectivity index (χ2n) is 5.52. The maximum atomic E-state index is 11.0. The largest absolute Gasteiger partial charge is 0.477 e. The van der Waals surface area contributed by atoms with Crippen molar-refractivity contribution in [1.29, 1.82) is 0 Å². The number of H-pyrrole nitrogens is 1. The molecule has 6 heteroatoms. The lowest BCUT2D eigenvalue weighted by molar-refractivity contribution is 0.0691. The van der Waals surface area contributed by atoms with Crippen LogP contribution in [0, 0.1) is 6.92 Å². The van der Waals surface area contributed by atoms with Gasteiger partial charge in [0, 0.05) is 37.2 Å². The molecular weight excluding hydrogens is 282 g/mol. The summed E-state index contributed by atoms with van der Waals surface area (Å²) in [5.41, 5.74) is 3.03. The van der Waals surface area contributed by atoms with Gasteiger partial charge in [0.15, 0.2) is 0 Å². The van der Waals surface area contributed by atoms with Crippen molar-refractivity contribution < 1.29 is 14.6 Å². The minimum atomic E-state index is -0.960. The number of rotatable bonds is 4. The number of pyridine rings is 1. The van der Waals surface area contributed by atoms with E-state index >= 15 is 0 Å². The Hall–Kier alpha value is -2.34. The molecule has 22 heavy (non-hydrogen) atoms. The molecule has 0 aromatic carbocycles. The molecule has 1 fully saturated rings. The number of anilines is 1. The van der Waals surface area contributed by atoms with Crippen LogP contribution in [0.2, 0.25) is 0 Å². The smallest absolute Gasteiger partial charge is 0.352 e. The molecule has 116 valence electrons. The molecular formula is C16H19N3O3. The lowest BCUT2D eigenvalue weighted by Crippen LogP contribution is -2.28. The summed E-state index contributed by atoms with van der Waals surface area (Å²) < 4.78 is 5.35. The fourth-order valence-corrected chi connectivity index (χ4v) is 2.64. The number of nitrogens with zero attached hydrogens (tertiary/aromatic N) is 1. The van der Waals surface area contributed by atoms with Gasteiger partial charge in [0.25, 0.3) is 0 Å². The quantitative estimate of drug-likeness (QED) is 0.808. The monoisotopic (exact) mass is 301 g/mol. The van der Waals surface area contributed by atoms with Crippen molar-refractivity contribution in [3.05, 3.63) is 35.8 Å². The van der Waals surface area contributed by atoms with Crippen LogP contribution in [0.25, 0.3) is 11.1 Å². The van der Waals surface area contributed by atoms with Gasteiger partial charge in [-0.25, -0.2) is 9.78 Å². The van der Waals surface area contributed by atoms with Crippen molar-refractivity contribution in [3.63, 3.8) is 0 Å². The Labute approximate surface area is 128 Å². The minimum absolute atomic E-state index is 0.185. The molecule has 0 unspecified atom stereocenters. The first-order chi connectivity index (χ1) is 10.6. The molecule has 0 radical (unpaired) electrons. The van der Waals surface area contributed by atoms with Crippen molar-refractivity contribution in [3.8, 4) is 11.1 Å². The van der Waals surface area contributed by atoms with E-state index < -0.39 is 5.97 Å². The number of aryl methyl sites for hydroxylation is 1. The summed E-state index contributed by atoms with van der Waals surface area (Å²) >= 11 is 0. The Morgan fingerprint density at radius 3 is 2.86 bits per heavy atom. The second kappa shape index (κ2) is 6.19. The first kappa shape index (κ1) is 14.6. The predicted molar refractivity (Wildman–Crippen MR) is 83.2 cm³/mol. The third-order valence-electron chi connectivity index (χ3n) is 3.90. The van der Waals surface area contributed by atoms with Crippen molar-refractivity contribution >= 4 is 11.8 Å². The van der Waals surface area contributed by atoms with Crippen LogP contribution in [0.3, 0.4) is 0 Å². The van der Waals surface area contributed by atoms with Crippen molar-refractivity contribution in [2.45, 2.75) is 25.8 Å². The van der Waals surface area contributed by atoms with Crippen molar-refractivity contribution in [2.75, 3.05) is 18.5 Å². The highest BCUT2D eigenvalue weighted by Crippen LogP contribution is 2.26. The van der Waals surface area contributed by atoms with E-state index in [9.17, 15) is 4.79 Å². The predicted octanol–water partition coefficient (Wildman–Crippen LogP) is 2.67. The summed E-state index contributed by atoms with van der Waals surface area (Å²) in [6, 6.07) is 3.99. The van der Waals surface area contributed by atoms with Crippen LogP contribution < -0.4 is 5.32 Å². The highest BCUT2D eigenvalue weighted by Gasteiger charge is 2.15. The molecule has 2 aromatic rings. The van der Waals surface area contributed by atoms with Gasteiger partial charge in [0.1, 0.15) is 11.5 Å². The molecule has 3 N–H and O–H groups in total. The number of aromatic carboxylic acids is 1. The van der Waals surface area contributed by atoms with Gasteiger partial charge in [-0.1, -0.05) is 0 Å². The van der Waals surface area contributed by atoms with Crippen LogP contribution in [0.4, 0.5) is 5.82 Å². The molecule has 3 heterocycles. The number of aromatic nitrogens is 2. The average molecular weight is 301 g/mol. The third kappa shape index (κ3) is 3.12. The Morgan fingerprint density at radius 1 is 1.41 bits per heavy atom. The second-order valence-corrected chi connectivity index (χ2v) is 5.52. The Balaban J connectivity index is 1.83. The minimum Gasteiger partial charge on any atom is -0.477 e. The highest BCUT2D eigenvalue weighted by atomic mass is 16.5. The molecule has 0 bridgehead atoms. The van der Waals surface area contributed by atoms with E-state index in [1.54, 1.807) is 12.3 Å². The van der Waals surface area contributed by atoms with Gasteiger partial charge in [0.2, 0.25) is 0 Å². The number of aromatic amines is 1. The summed E-state index contributed by atoms with van der Waals surface area (Å²) in [6.45, 7) is 3.51. The Bertz CT molecular complexity index is 675. The molecule has 0 aliphatic carbocycles. The molecule has 3 rings (SSSR count). The molecule has 1 saturated heterocycles. The molecule has 6 nitrogen and oxygen atoms in total. The standard InChI is InChI=1S/C16H19N3O3/c1-10-8-18-15(19-12-2-4-22-5-3-12)7-13(10)11-6-14(16(20)21)17-9-11/h6-9,12,17H,2-5H2,1H3,(H,18,19)(H,20,21). The summed E-state index contributed by atoms with van der Waals surface area (Å²) in [6.07, 6.45) is 5.46. The molecule has 1 aliphatic heterocycles. The van der Waals surface area contributed by atoms with Crippen LogP contribution >= 0.6 is 0 Å². The lowest BCUT2D eigenvalue weighted by Gasteiger charge is -2.24. The van der Waals surface area contributed by atoms with Gasteiger partial charge in [0.05, 0.1) is 0 Å². The fourth-order valence-electron chi connectivity index (χ4n) is 2.64. The summed E-state index contributed by atoms with van der Waals surface area (Å²) in [5.74, 6) is -0.149. The van der Waals surface area contributed by atoms with E-state index in [-0.39, 0.29) is 5.69 Å². The Morgan fingerprint density at radius 2 is 2.18 bits per heavy atom. The van der Waals surface area contributed by atoms with Gasteiger partial charge in [-0.2, -0.15) is 0 Å². The molecule has 0 amide bonds. The highest BCUT2D eigenvalue weighted by molar-refractivity contribution is 5.88. The van der Waals surface area contributed by atoms with Gasteiger partial charge in [-0.15, -0.1) is 0 Å². The van der Waals surface area contributed by atoms with Crippen LogP contribution in [-0.4, -0.2) is 40.3 Å². The van der Waals surface area contributed by atoms with E-state index in [1.807, 2.05) is 19.2 Å². The number of nitrogens with one attached hydrogen (secondary N) is 2. The molecule has 0 saturated carbocycles. The van der Waals surface area contributed by atoms with E-state index in [2.05, 4.69) is 15.3 Å².